The zero-order valence-electron chi connectivity index (χ0n) is 15.5. The molecule has 2 aliphatic carbocycles. The molecule has 3 unspecified atom stereocenters. The third kappa shape index (κ3) is 4.48. The lowest BCUT2D eigenvalue weighted by Crippen LogP contribution is -2.32. The van der Waals surface area contributed by atoms with Gasteiger partial charge < -0.3 is 0 Å². The summed E-state index contributed by atoms with van der Waals surface area (Å²) in [5.74, 6) is 4.63. The molecular weight excluding hydrogens is 271 g/mol. The van der Waals surface area contributed by atoms with Crippen LogP contribution in [0.25, 0.3) is 0 Å². The summed E-state index contributed by atoms with van der Waals surface area (Å²) in [7, 11) is 0. The van der Waals surface area contributed by atoms with Gasteiger partial charge in [0.05, 0.1) is 0 Å². The molecule has 0 amide bonds. The van der Waals surface area contributed by atoms with E-state index in [-0.39, 0.29) is 5.92 Å². The van der Waals surface area contributed by atoms with Gasteiger partial charge in [0.15, 0.2) is 0 Å². The summed E-state index contributed by atoms with van der Waals surface area (Å²) in [5.41, 5.74) is 0. The molecular formula is C21H39F. The Bertz CT molecular complexity index is 297. The maximum Gasteiger partial charge on any atom is 0.103 e. The van der Waals surface area contributed by atoms with Gasteiger partial charge in [-0.2, -0.15) is 0 Å². The zero-order chi connectivity index (χ0) is 16.1. The molecule has 1 heteroatoms. The van der Waals surface area contributed by atoms with Gasteiger partial charge in [-0.25, -0.2) is 4.39 Å². The van der Waals surface area contributed by atoms with Crippen molar-refractivity contribution >= 4 is 0 Å². The first-order valence-corrected chi connectivity index (χ1v) is 10.2. The standard InChI is InChI=1S/C21H39F/c1-5-20(16(4)21(22)6-2)19-13-11-18(12-14-19)17-9-7-15(3)8-10-17/h15-21H,5-14H2,1-4H3. The molecule has 0 heterocycles. The number of hydrogen-bond donors (Lipinski definition) is 0. The molecule has 2 aliphatic rings. The predicted octanol–water partition coefficient (Wildman–Crippen LogP) is 7.03. The van der Waals surface area contributed by atoms with Crippen LogP contribution >= 0.6 is 0 Å². The van der Waals surface area contributed by atoms with E-state index in [2.05, 4.69) is 20.8 Å². The van der Waals surface area contributed by atoms with E-state index < -0.39 is 6.17 Å². The second-order valence-corrected chi connectivity index (χ2v) is 8.55. The van der Waals surface area contributed by atoms with Gasteiger partial charge in [0.2, 0.25) is 0 Å². The van der Waals surface area contributed by atoms with Crippen molar-refractivity contribution in [1.82, 2.24) is 0 Å². The smallest absolute Gasteiger partial charge is 0.103 e. The Labute approximate surface area is 138 Å². The van der Waals surface area contributed by atoms with Crippen molar-refractivity contribution in [2.45, 2.75) is 98.1 Å². The molecule has 0 nitrogen and oxygen atoms in total. The van der Waals surface area contributed by atoms with E-state index >= 15 is 0 Å². The van der Waals surface area contributed by atoms with Crippen molar-refractivity contribution in [1.29, 1.82) is 0 Å². The Kier molecular flexibility index (Phi) is 7.22. The molecule has 2 saturated carbocycles. The van der Waals surface area contributed by atoms with E-state index in [0.29, 0.717) is 12.3 Å². The Morgan fingerprint density at radius 1 is 0.818 bits per heavy atom. The van der Waals surface area contributed by atoms with Gasteiger partial charge in [-0.15, -0.1) is 0 Å². The topological polar surface area (TPSA) is 0 Å². The molecule has 0 N–H and O–H groups in total. The van der Waals surface area contributed by atoms with Crippen molar-refractivity contribution in [3.05, 3.63) is 0 Å². The number of halogens is 1. The second-order valence-electron chi connectivity index (χ2n) is 8.55. The fourth-order valence-electron chi connectivity index (χ4n) is 5.58. The van der Waals surface area contributed by atoms with Crippen molar-refractivity contribution in [2.75, 3.05) is 0 Å². The van der Waals surface area contributed by atoms with Crippen molar-refractivity contribution in [2.24, 2.45) is 35.5 Å². The summed E-state index contributed by atoms with van der Waals surface area (Å²) in [6.45, 7) is 8.85. The highest BCUT2D eigenvalue weighted by Crippen LogP contribution is 2.45. The highest BCUT2D eigenvalue weighted by Gasteiger charge is 2.35. The van der Waals surface area contributed by atoms with E-state index in [0.717, 1.165) is 30.1 Å². The monoisotopic (exact) mass is 310 g/mol. The number of alkyl halides is 1. The van der Waals surface area contributed by atoms with Gasteiger partial charge >= 0.3 is 0 Å². The number of rotatable bonds is 6. The Morgan fingerprint density at radius 3 is 1.77 bits per heavy atom. The van der Waals surface area contributed by atoms with Crippen LogP contribution in [0.4, 0.5) is 4.39 Å². The first-order valence-electron chi connectivity index (χ1n) is 10.2. The normalized spacial score (nSPS) is 37.5. The Balaban J connectivity index is 1.82. The molecule has 130 valence electrons. The van der Waals surface area contributed by atoms with Crippen molar-refractivity contribution in [3.8, 4) is 0 Å². The van der Waals surface area contributed by atoms with E-state index in [4.69, 9.17) is 0 Å². The first kappa shape index (κ1) is 18.3. The average molecular weight is 311 g/mol. The molecule has 0 saturated heterocycles. The third-order valence-electron chi connectivity index (χ3n) is 7.26. The van der Waals surface area contributed by atoms with Crippen LogP contribution in [-0.2, 0) is 0 Å². The molecule has 0 bridgehead atoms. The Hall–Kier alpha value is -0.0700. The Morgan fingerprint density at radius 2 is 1.32 bits per heavy atom. The van der Waals surface area contributed by atoms with Crippen LogP contribution in [0.3, 0.4) is 0 Å². The van der Waals surface area contributed by atoms with Crippen LogP contribution in [0.1, 0.15) is 91.9 Å². The SMILES string of the molecule is CCC(F)C(C)C(CC)C1CCC(C2CCC(C)CC2)CC1. The quantitative estimate of drug-likeness (QED) is 0.494. The van der Waals surface area contributed by atoms with Gasteiger partial charge in [0.25, 0.3) is 0 Å². The maximum absolute atomic E-state index is 14.1. The third-order valence-corrected chi connectivity index (χ3v) is 7.26. The molecule has 0 spiro atoms. The second kappa shape index (κ2) is 8.69. The van der Waals surface area contributed by atoms with Gasteiger partial charge in [0, 0.05) is 0 Å². The summed E-state index contributed by atoms with van der Waals surface area (Å²) in [6, 6.07) is 0. The molecule has 0 radical (unpaired) electrons. The highest BCUT2D eigenvalue weighted by molar-refractivity contribution is 4.85. The molecule has 0 aromatic heterocycles. The minimum Gasteiger partial charge on any atom is -0.247 e. The summed E-state index contributed by atoms with van der Waals surface area (Å²) in [5, 5.41) is 0. The van der Waals surface area contributed by atoms with E-state index in [1.807, 2.05) is 6.92 Å². The summed E-state index contributed by atoms with van der Waals surface area (Å²) < 4.78 is 14.1. The van der Waals surface area contributed by atoms with Crippen LogP contribution < -0.4 is 0 Å². The minimum atomic E-state index is -0.595. The fraction of sp³-hybridized carbons (Fsp3) is 1.00. The summed E-state index contributed by atoms with van der Waals surface area (Å²) >= 11 is 0. The lowest BCUT2D eigenvalue weighted by molar-refractivity contribution is 0.0771. The minimum absolute atomic E-state index is 0.257. The van der Waals surface area contributed by atoms with Gasteiger partial charge in [-0.3, -0.25) is 0 Å². The fourth-order valence-corrected chi connectivity index (χ4v) is 5.58. The molecule has 0 aromatic rings. The van der Waals surface area contributed by atoms with Crippen molar-refractivity contribution < 1.29 is 4.39 Å². The van der Waals surface area contributed by atoms with Crippen LogP contribution in [0.5, 0.6) is 0 Å². The number of hydrogen-bond acceptors (Lipinski definition) is 0. The molecule has 2 fully saturated rings. The average Bonchev–Trinajstić information content (AvgIpc) is 2.56. The van der Waals surface area contributed by atoms with Gasteiger partial charge in [-0.05, 0) is 80.5 Å². The van der Waals surface area contributed by atoms with Crippen LogP contribution in [0, 0.1) is 35.5 Å². The van der Waals surface area contributed by atoms with Crippen molar-refractivity contribution in [3.63, 3.8) is 0 Å². The first-order chi connectivity index (χ1) is 10.6. The predicted molar refractivity (Wildman–Crippen MR) is 94.7 cm³/mol. The maximum atomic E-state index is 14.1. The molecule has 3 atom stereocenters. The van der Waals surface area contributed by atoms with Gasteiger partial charge in [0.1, 0.15) is 6.17 Å². The van der Waals surface area contributed by atoms with E-state index in [1.54, 1.807) is 0 Å². The lowest BCUT2D eigenvalue weighted by Gasteiger charge is -2.41. The molecule has 2 rings (SSSR count). The van der Waals surface area contributed by atoms with Crippen LogP contribution in [-0.4, -0.2) is 6.17 Å². The molecule has 0 aliphatic heterocycles. The molecule has 0 aromatic carbocycles. The molecule has 22 heavy (non-hydrogen) atoms. The highest BCUT2D eigenvalue weighted by atomic mass is 19.1. The van der Waals surface area contributed by atoms with Gasteiger partial charge in [-0.1, -0.05) is 47.0 Å². The summed E-state index contributed by atoms with van der Waals surface area (Å²) in [4.78, 5) is 0. The van der Waals surface area contributed by atoms with E-state index in [1.165, 1.54) is 51.4 Å². The zero-order valence-corrected chi connectivity index (χ0v) is 15.5. The van der Waals surface area contributed by atoms with E-state index in [9.17, 15) is 4.39 Å². The van der Waals surface area contributed by atoms with Crippen LogP contribution in [0.15, 0.2) is 0 Å². The summed E-state index contributed by atoms with van der Waals surface area (Å²) in [6.07, 6.45) is 12.7. The van der Waals surface area contributed by atoms with Crippen LogP contribution in [0.2, 0.25) is 0 Å². The lowest BCUT2D eigenvalue weighted by atomic mass is 9.65. The largest absolute Gasteiger partial charge is 0.247 e.